The Kier molecular flexibility index (Phi) is 3.82. The van der Waals surface area contributed by atoms with Gasteiger partial charge in [0.2, 0.25) is 0 Å². The molecule has 0 bridgehead atoms. The van der Waals surface area contributed by atoms with Crippen LogP contribution in [0, 0.1) is 11.3 Å². The van der Waals surface area contributed by atoms with Gasteiger partial charge in [0.25, 0.3) is 0 Å². The molecule has 4 heteroatoms. The number of benzene rings is 2. The molecule has 0 unspecified atom stereocenters. The van der Waals surface area contributed by atoms with Crippen LogP contribution in [0.15, 0.2) is 42.5 Å². The van der Waals surface area contributed by atoms with Gasteiger partial charge in [-0.15, -0.1) is 0 Å². The molecule has 126 valence electrons. The zero-order valence-electron chi connectivity index (χ0n) is 14.3. The number of rotatable bonds is 1. The predicted molar refractivity (Wildman–Crippen MR) is 95.6 cm³/mol. The normalized spacial score (nSPS) is 19.1. The lowest BCUT2D eigenvalue weighted by atomic mass is 9.82. The molecule has 2 aliphatic heterocycles. The molecule has 2 aliphatic rings. The van der Waals surface area contributed by atoms with Gasteiger partial charge in [0.15, 0.2) is 5.78 Å². The van der Waals surface area contributed by atoms with Crippen molar-refractivity contribution in [3.05, 3.63) is 53.6 Å². The molecule has 2 aromatic carbocycles. The van der Waals surface area contributed by atoms with E-state index >= 15 is 0 Å². The minimum Gasteiger partial charge on any atom is -0.486 e. The fraction of sp³-hybridized carbons (Fsp3) is 0.333. The molecule has 1 fully saturated rings. The van der Waals surface area contributed by atoms with E-state index in [-0.39, 0.29) is 11.4 Å². The highest BCUT2D eigenvalue weighted by atomic mass is 16.5. The van der Waals surface area contributed by atoms with Crippen molar-refractivity contribution in [2.75, 3.05) is 20.1 Å². The highest BCUT2D eigenvalue weighted by Crippen LogP contribution is 2.40. The zero-order chi connectivity index (χ0) is 17.4. The minimum absolute atomic E-state index is 0.157. The van der Waals surface area contributed by atoms with Gasteiger partial charge in [0.05, 0.1) is 23.6 Å². The first-order valence-corrected chi connectivity index (χ1v) is 8.64. The van der Waals surface area contributed by atoms with E-state index in [1.165, 1.54) is 0 Å². The number of ketones is 1. The second kappa shape index (κ2) is 6.02. The fourth-order valence-electron chi connectivity index (χ4n) is 3.75. The number of likely N-dealkylation sites (tertiary alicyclic amines) is 1. The molecule has 4 rings (SSSR count). The average Bonchev–Trinajstić information content (AvgIpc) is 2.64. The highest BCUT2D eigenvalue weighted by molar-refractivity contribution is 6.01. The van der Waals surface area contributed by atoms with Gasteiger partial charge in [-0.2, -0.15) is 5.26 Å². The third-order valence-electron chi connectivity index (χ3n) is 5.31. The maximum atomic E-state index is 12.8. The third kappa shape index (κ3) is 2.92. The molecular weight excluding hydrogens is 312 g/mol. The average molecular weight is 332 g/mol. The van der Waals surface area contributed by atoms with Crippen molar-refractivity contribution in [3.8, 4) is 22.9 Å². The zero-order valence-corrected chi connectivity index (χ0v) is 14.3. The van der Waals surface area contributed by atoms with Crippen molar-refractivity contribution in [1.82, 2.24) is 4.90 Å². The second-order valence-corrected chi connectivity index (χ2v) is 7.09. The SMILES string of the molecule is CN1CCC2(CC1)CC(=O)c1cc(-c3cccc(C#N)c3)ccc1O2. The number of ether oxygens (including phenoxy) is 1. The van der Waals surface area contributed by atoms with E-state index in [4.69, 9.17) is 10.00 Å². The third-order valence-corrected chi connectivity index (χ3v) is 5.31. The number of carbonyl (C=O) groups is 1. The van der Waals surface area contributed by atoms with Crippen LogP contribution in [-0.4, -0.2) is 36.4 Å². The van der Waals surface area contributed by atoms with Crippen LogP contribution in [0.1, 0.15) is 35.2 Å². The monoisotopic (exact) mass is 332 g/mol. The van der Waals surface area contributed by atoms with Crippen LogP contribution >= 0.6 is 0 Å². The van der Waals surface area contributed by atoms with Crippen molar-refractivity contribution in [1.29, 1.82) is 5.26 Å². The van der Waals surface area contributed by atoms with Gasteiger partial charge in [-0.1, -0.05) is 18.2 Å². The Morgan fingerprint density at radius 2 is 1.88 bits per heavy atom. The van der Waals surface area contributed by atoms with Gasteiger partial charge in [0.1, 0.15) is 11.4 Å². The number of fused-ring (bicyclic) bond motifs is 1. The lowest BCUT2D eigenvalue weighted by Gasteiger charge is -2.43. The Balaban J connectivity index is 1.67. The molecule has 1 saturated heterocycles. The quantitative estimate of drug-likeness (QED) is 0.800. The van der Waals surface area contributed by atoms with E-state index in [0.717, 1.165) is 37.1 Å². The lowest BCUT2D eigenvalue weighted by Crippen LogP contribution is -2.50. The molecule has 1 spiro atoms. The molecule has 0 amide bonds. The summed E-state index contributed by atoms with van der Waals surface area (Å²) in [5.41, 5.74) is 2.81. The summed E-state index contributed by atoms with van der Waals surface area (Å²) in [6.45, 7) is 1.92. The number of piperidine rings is 1. The summed E-state index contributed by atoms with van der Waals surface area (Å²) >= 11 is 0. The summed E-state index contributed by atoms with van der Waals surface area (Å²) in [6, 6.07) is 15.4. The van der Waals surface area contributed by atoms with Crippen LogP contribution in [0.2, 0.25) is 0 Å². The summed E-state index contributed by atoms with van der Waals surface area (Å²) in [5.74, 6) is 0.852. The number of nitrogens with zero attached hydrogens (tertiary/aromatic N) is 2. The topological polar surface area (TPSA) is 53.3 Å². The standard InChI is InChI=1S/C21H20N2O2/c1-23-9-7-21(8-10-23)13-19(24)18-12-17(5-6-20(18)25-21)16-4-2-3-15(11-16)14-22/h2-6,11-12H,7-10,13H2,1H3. The van der Waals surface area contributed by atoms with E-state index in [1.807, 2.05) is 36.4 Å². The van der Waals surface area contributed by atoms with Gasteiger partial charge in [0, 0.05) is 25.9 Å². The smallest absolute Gasteiger partial charge is 0.170 e. The summed E-state index contributed by atoms with van der Waals surface area (Å²) < 4.78 is 6.32. The van der Waals surface area contributed by atoms with Gasteiger partial charge in [-0.3, -0.25) is 4.79 Å². The van der Waals surface area contributed by atoms with Gasteiger partial charge < -0.3 is 9.64 Å². The number of carbonyl (C=O) groups excluding carboxylic acids is 1. The molecule has 2 aromatic rings. The molecule has 0 atom stereocenters. The van der Waals surface area contributed by atoms with Crippen molar-refractivity contribution in [2.45, 2.75) is 24.9 Å². The number of Topliss-reactive ketones (excluding diaryl/α,β-unsaturated/α-hetero) is 1. The minimum atomic E-state index is -0.334. The number of hydrogen-bond donors (Lipinski definition) is 0. The highest BCUT2D eigenvalue weighted by Gasteiger charge is 2.42. The van der Waals surface area contributed by atoms with Crippen molar-refractivity contribution < 1.29 is 9.53 Å². The van der Waals surface area contributed by atoms with Crippen LogP contribution in [-0.2, 0) is 0 Å². The molecule has 0 aliphatic carbocycles. The maximum absolute atomic E-state index is 12.8. The molecule has 0 aromatic heterocycles. The Hall–Kier alpha value is -2.64. The van der Waals surface area contributed by atoms with E-state index in [9.17, 15) is 4.79 Å². The maximum Gasteiger partial charge on any atom is 0.170 e. The number of nitriles is 1. The van der Waals surface area contributed by atoms with Crippen molar-refractivity contribution in [3.63, 3.8) is 0 Å². The van der Waals surface area contributed by atoms with E-state index < -0.39 is 0 Å². The first kappa shape index (κ1) is 15.9. The molecule has 25 heavy (non-hydrogen) atoms. The van der Waals surface area contributed by atoms with Crippen LogP contribution in [0.25, 0.3) is 11.1 Å². The molecule has 2 heterocycles. The summed E-state index contributed by atoms with van der Waals surface area (Å²) in [5, 5.41) is 9.07. The summed E-state index contributed by atoms with van der Waals surface area (Å²) in [4.78, 5) is 15.1. The first-order valence-electron chi connectivity index (χ1n) is 8.64. The van der Waals surface area contributed by atoms with E-state index in [0.29, 0.717) is 23.3 Å². The van der Waals surface area contributed by atoms with Crippen LogP contribution in [0.5, 0.6) is 5.75 Å². The van der Waals surface area contributed by atoms with Gasteiger partial charge in [-0.05, 0) is 42.4 Å². The second-order valence-electron chi connectivity index (χ2n) is 7.09. The lowest BCUT2D eigenvalue weighted by molar-refractivity contribution is -0.00366. The van der Waals surface area contributed by atoms with Gasteiger partial charge >= 0.3 is 0 Å². The summed E-state index contributed by atoms with van der Waals surface area (Å²) in [6.07, 6.45) is 2.23. The largest absolute Gasteiger partial charge is 0.486 e. The Morgan fingerprint density at radius 3 is 2.64 bits per heavy atom. The van der Waals surface area contributed by atoms with Crippen LogP contribution < -0.4 is 4.74 Å². The van der Waals surface area contributed by atoms with Crippen LogP contribution in [0.4, 0.5) is 0 Å². The summed E-state index contributed by atoms with van der Waals surface area (Å²) in [7, 11) is 2.10. The molecule has 0 radical (unpaired) electrons. The fourth-order valence-corrected chi connectivity index (χ4v) is 3.75. The Morgan fingerprint density at radius 1 is 1.12 bits per heavy atom. The number of hydrogen-bond acceptors (Lipinski definition) is 4. The van der Waals surface area contributed by atoms with Gasteiger partial charge in [-0.25, -0.2) is 0 Å². The van der Waals surface area contributed by atoms with Crippen molar-refractivity contribution in [2.24, 2.45) is 0 Å². The van der Waals surface area contributed by atoms with E-state index in [1.54, 1.807) is 6.07 Å². The Bertz CT molecular complexity index is 874. The molecule has 4 nitrogen and oxygen atoms in total. The first-order chi connectivity index (χ1) is 12.1. The molecule has 0 saturated carbocycles. The van der Waals surface area contributed by atoms with E-state index in [2.05, 4.69) is 18.0 Å². The predicted octanol–water partition coefficient (Wildman–Crippen LogP) is 3.65. The van der Waals surface area contributed by atoms with Crippen LogP contribution in [0.3, 0.4) is 0 Å². The molecular formula is C21H20N2O2. The molecule has 0 N–H and O–H groups in total. The Labute approximate surface area is 147 Å². The van der Waals surface area contributed by atoms with Crippen molar-refractivity contribution >= 4 is 5.78 Å².